The summed E-state index contributed by atoms with van der Waals surface area (Å²) in [5.74, 6) is -0.804. The van der Waals surface area contributed by atoms with Gasteiger partial charge in [-0.25, -0.2) is 4.79 Å². The Labute approximate surface area is 51.5 Å². The highest BCUT2D eigenvalue weighted by Crippen LogP contribution is 1.98. The summed E-state index contributed by atoms with van der Waals surface area (Å²) in [5, 5.41) is 9.20. The molecule has 0 aliphatic heterocycles. The van der Waals surface area contributed by atoms with Gasteiger partial charge in [-0.15, -0.1) is 6.26 Å². The van der Waals surface area contributed by atoms with Crippen LogP contribution in [0.15, 0.2) is 11.3 Å². The van der Waals surface area contributed by atoms with Crippen LogP contribution in [0.4, 0.5) is 0 Å². The van der Waals surface area contributed by atoms with E-state index in [-0.39, 0.29) is 6.26 Å². The lowest BCUT2D eigenvalue weighted by atomic mass is 10.6. The van der Waals surface area contributed by atoms with Gasteiger partial charge in [0.2, 0.25) is 0 Å². The molecule has 0 radical (unpaired) electrons. The molecule has 0 rings (SSSR count). The van der Waals surface area contributed by atoms with Crippen molar-refractivity contribution in [1.82, 2.24) is 0 Å². The molecule has 0 atom stereocenters. The van der Waals surface area contributed by atoms with Gasteiger partial charge in [0.05, 0.1) is 7.11 Å². The fourth-order valence-corrected chi connectivity index (χ4v) is 0.223. The van der Waals surface area contributed by atoms with E-state index in [9.17, 15) is 9.90 Å². The van der Waals surface area contributed by atoms with Crippen LogP contribution in [-0.4, -0.2) is 13.1 Å². The topological polar surface area (TPSA) is 49.4 Å². The molecule has 0 saturated heterocycles. The van der Waals surface area contributed by atoms with E-state index >= 15 is 0 Å². The number of ether oxygens (including phenoxy) is 1. The van der Waals surface area contributed by atoms with E-state index in [4.69, 9.17) is 11.6 Å². The number of halogens is 1. The van der Waals surface area contributed by atoms with E-state index < -0.39 is 11.0 Å². The standard InChI is InChI=1S/C4H5ClO3/c1-8-4(7)3(5)2-6/h2,6H,1H3/p-1/b3-2-. The first kappa shape index (κ1) is 7.30. The first-order valence-electron chi connectivity index (χ1n) is 1.78. The van der Waals surface area contributed by atoms with Crippen LogP contribution in [0.3, 0.4) is 0 Å². The van der Waals surface area contributed by atoms with Crippen LogP contribution < -0.4 is 5.11 Å². The molecule has 0 bridgehead atoms. The highest BCUT2D eigenvalue weighted by molar-refractivity contribution is 6.41. The Morgan fingerprint density at radius 1 is 1.88 bits per heavy atom. The molecule has 0 aromatic heterocycles. The van der Waals surface area contributed by atoms with Gasteiger partial charge in [-0.3, -0.25) is 0 Å². The Bertz CT molecular complexity index is 118. The van der Waals surface area contributed by atoms with E-state index in [2.05, 4.69) is 4.74 Å². The molecule has 0 amide bonds. The maximum absolute atomic E-state index is 10.1. The molecular formula is C4H4ClO3-. The minimum Gasteiger partial charge on any atom is -0.877 e. The minimum atomic E-state index is -0.804. The fourth-order valence-electron chi connectivity index (χ4n) is 0.146. The number of hydrogen-bond donors (Lipinski definition) is 0. The normalized spacial score (nSPS) is 11.0. The van der Waals surface area contributed by atoms with E-state index in [0.29, 0.717) is 0 Å². The molecule has 0 aliphatic carbocycles. The summed E-state index contributed by atoms with van der Waals surface area (Å²) in [6, 6.07) is 0. The van der Waals surface area contributed by atoms with Crippen LogP contribution in [-0.2, 0) is 9.53 Å². The third-order valence-corrected chi connectivity index (χ3v) is 0.727. The third-order valence-electron chi connectivity index (χ3n) is 0.484. The maximum atomic E-state index is 10.1. The van der Waals surface area contributed by atoms with Crippen LogP contribution in [0.5, 0.6) is 0 Å². The molecule has 3 nitrogen and oxygen atoms in total. The highest BCUT2D eigenvalue weighted by Gasteiger charge is 1.99. The molecule has 0 heterocycles. The molecule has 0 unspecified atom stereocenters. The van der Waals surface area contributed by atoms with Crippen LogP contribution >= 0.6 is 11.6 Å². The average Bonchev–Trinajstić information content (AvgIpc) is 1.84. The Morgan fingerprint density at radius 3 is 2.50 bits per heavy atom. The van der Waals surface area contributed by atoms with Crippen molar-refractivity contribution < 1.29 is 14.6 Å². The van der Waals surface area contributed by atoms with Crippen molar-refractivity contribution >= 4 is 17.6 Å². The Kier molecular flexibility index (Phi) is 3.03. The van der Waals surface area contributed by atoms with E-state index in [1.165, 1.54) is 0 Å². The van der Waals surface area contributed by atoms with Crippen molar-refractivity contribution in [3.63, 3.8) is 0 Å². The smallest absolute Gasteiger partial charge is 0.348 e. The van der Waals surface area contributed by atoms with Crippen molar-refractivity contribution in [2.24, 2.45) is 0 Å². The Morgan fingerprint density at radius 2 is 2.38 bits per heavy atom. The lowest BCUT2D eigenvalue weighted by Gasteiger charge is -1.96. The zero-order valence-corrected chi connectivity index (χ0v) is 4.94. The molecule has 0 aromatic rings. The minimum absolute atomic E-state index is 0.230. The molecule has 0 aromatic carbocycles. The van der Waals surface area contributed by atoms with E-state index in [1.54, 1.807) is 0 Å². The molecule has 0 fully saturated rings. The Balaban J connectivity index is 3.83. The number of methoxy groups -OCH3 is 1. The fraction of sp³-hybridized carbons (Fsp3) is 0.250. The number of carbonyl (C=O) groups is 1. The quantitative estimate of drug-likeness (QED) is 0.279. The lowest BCUT2D eigenvalue weighted by Crippen LogP contribution is -2.02. The predicted octanol–water partition coefficient (Wildman–Crippen LogP) is -0.400. The molecule has 8 heavy (non-hydrogen) atoms. The molecule has 0 aliphatic rings. The first-order valence-corrected chi connectivity index (χ1v) is 2.16. The second-order valence-corrected chi connectivity index (χ2v) is 1.36. The molecule has 46 valence electrons. The van der Waals surface area contributed by atoms with E-state index in [0.717, 1.165) is 7.11 Å². The average molecular weight is 136 g/mol. The van der Waals surface area contributed by atoms with Crippen molar-refractivity contribution in [1.29, 1.82) is 0 Å². The summed E-state index contributed by atoms with van der Waals surface area (Å²) >= 11 is 4.99. The second-order valence-electron chi connectivity index (χ2n) is 0.957. The SMILES string of the molecule is COC(=O)/C(Cl)=C/[O-]. The van der Waals surface area contributed by atoms with Gasteiger partial charge in [0, 0.05) is 0 Å². The van der Waals surface area contributed by atoms with Crippen LogP contribution in [0.2, 0.25) is 0 Å². The summed E-state index contributed by atoms with van der Waals surface area (Å²) in [6.07, 6.45) is 0.230. The van der Waals surface area contributed by atoms with Crippen molar-refractivity contribution in [2.75, 3.05) is 7.11 Å². The van der Waals surface area contributed by atoms with Crippen LogP contribution in [0, 0.1) is 0 Å². The zero-order valence-electron chi connectivity index (χ0n) is 4.18. The molecule has 0 spiro atoms. The molecule has 4 heteroatoms. The summed E-state index contributed by atoms with van der Waals surface area (Å²) in [7, 11) is 1.15. The van der Waals surface area contributed by atoms with Crippen molar-refractivity contribution in [3.8, 4) is 0 Å². The second kappa shape index (κ2) is 3.32. The van der Waals surface area contributed by atoms with Gasteiger partial charge < -0.3 is 9.84 Å². The van der Waals surface area contributed by atoms with Gasteiger partial charge in [-0.05, 0) is 0 Å². The van der Waals surface area contributed by atoms with Gasteiger partial charge in [0.1, 0.15) is 5.03 Å². The number of hydrogen-bond acceptors (Lipinski definition) is 3. The maximum Gasteiger partial charge on any atom is 0.348 e. The van der Waals surface area contributed by atoms with Gasteiger partial charge >= 0.3 is 5.97 Å². The molecule has 0 saturated carbocycles. The number of carbonyl (C=O) groups excluding carboxylic acids is 1. The van der Waals surface area contributed by atoms with Crippen molar-refractivity contribution in [3.05, 3.63) is 11.3 Å². The molecule has 0 N–H and O–H groups in total. The summed E-state index contributed by atoms with van der Waals surface area (Å²) in [4.78, 5) is 10.1. The summed E-state index contributed by atoms with van der Waals surface area (Å²) in [5.41, 5.74) is 0. The predicted molar refractivity (Wildman–Crippen MR) is 26.0 cm³/mol. The lowest BCUT2D eigenvalue weighted by molar-refractivity contribution is -0.275. The largest absolute Gasteiger partial charge is 0.877 e. The highest BCUT2D eigenvalue weighted by atomic mass is 35.5. The van der Waals surface area contributed by atoms with Crippen LogP contribution in [0.1, 0.15) is 0 Å². The summed E-state index contributed by atoms with van der Waals surface area (Å²) < 4.78 is 4.06. The van der Waals surface area contributed by atoms with E-state index in [1.807, 2.05) is 0 Å². The van der Waals surface area contributed by atoms with Gasteiger partial charge in [-0.2, -0.15) is 0 Å². The summed E-state index contributed by atoms with van der Waals surface area (Å²) in [6.45, 7) is 0. The monoisotopic (exact) mass is 135 g/mol. The van der Waals surface area contributed by atoms with Crippen LogP contribution in [0.25, 0.3) is 0 Å². The van der Waals surface area contributed by atoms with Crippen molar-refractivity contribution in [2.45, 2.75) is 0 Å². The zero-order chi connectivity index (χ0) is 6.57. The number of esters is 1. The van der Waals surface area contributed by atoms with Gasteiger partial charge in [0.15, 0.2) is 0 Å². The third kappa shape index (κ3) is 1.84. The molecular weight excluding hydrogens is 131 g/mol. The van der Waals surface area contributed by atoms with Gasteiger partial charge in [-0.1, -0.05) is 11.6 Å². The van der Waals surface area contributed by atoms with Gasteiger partial charge in [0.25, 0.3) is 0 Å². The first-order chi connectivity index (χ1) is 3.72. The Hall–Kier alpha value is -0.700. The number of rotatable bonds is 1.